The molecule has 2 aromatic rings. The summed E-state index contributed by atoms with van der Waals surface area (Å²) < 4.78 is 12.0. The first kappa shape index (κ1) is 15.9. The fraction of sp³-hybridized carbons (Fsp3) is 0.364. The molecular formula is C22H23NO3. The van der Waals surface area contributed by atoms with Crippen molar-refractivity contribution in [3.05, 3.63) is 70.8 Å². The van der Waals surface area contributed by atoms with Gasteiger partial charge in [0.05, 0.1) is 12.7 Å². The van der Waals surface area contributed by atoms with Crippen LogP contribution in [0.1, 0.15) is 61.3 Å². The van der Waals surface area contributed by atoms with Gasteiger partial charge < -0.3 is 14.3 Å². The molecule has 3 atom stereocenters. The van der Waals surface area contributed by atoms with Crippen LogP contribution in [0.4, 0.5) is 0 Å². The number of hydrogen-bond donors (Lipinski definition) is 0. The van der Waals surface area contributed by atoms with Gasteiger partial charge in [-0.3, -0.25) is 0 Å². The van der Waals surface area contributed by atoms with E-state index in [1.165, 1.54) is 5.56 Å². The Morgan fingerprint density at radius 2 is 1.73 bits per heavy atom. The molecule has 4 heteroatoms. The van der Waals surface area contributed by atoms with Crippen molar-refractivity contribution in [3.8, 4) is 11.5 Å². The number of rotatable bonds is 2. The molecule has 26 heavy (non-hydrogen) atoms. The minimum Gasteiger partial charge on any atom is -0.496 e. The number of hydrogen-bond acceptors (Lipinski definition) is 4. The van der Waals surface area contributed by atoms with Crippen molar-refractivity contribution in [1.82, 2.24) is 5.06 Å². The number of methoxy groups -OCH3 is 1. The quantitative estimate of drug-likeness (QED) is 0.724. The first-order valence-corrected chi connectivity index (χ1v) is 9.10. The van der Waals surface area contributed by atoms with E-state index in [1.807, 2.05) is 6.07 Å². The van der Waals surface area contributed by atoms with Crippen LogP contribution in [0, 0.1) is 0 Å². The summed E-state index contributed by atoms with van der Waals surface area (Å²) in [5.41, 5.74) is 4.44. The fourth-order valence-electron chi connectivity index (χ4n) is 4.30. The van der Waals surface area contributed by atoms with Gasteiger partial charge in [-0.15, -0.1) is 5.06 Å². The van der Waals surface area contributed by atoms with E-state index in [-0.39, 0.29) is 23.8 Å². The topological polar surface area (TPSA) is 30.9 Å². The maximum absolute atomic E-state index is 6.39. The third-order valence-corrected chi connectivity index (χ3v) is 5.38. The van der Waals surface area contributed by atoms with E-state index in [0.29, 0.717) is 0 Å². The average Bonchev–Trinajstić information content (AvgIpc) is 3.32. The van der Waals surface area contributed by atoms with Gasteiger partial charge in [0.15, 0.2) is 5.75 Å². The Morgan fingerprint density at radius 1 is 1.00 bits per heavy atom. The van der Waals surface area contributed by atoms with Gasteiger partial charge in [-0.05, 0) is 38.0 Å². The Balaban J connectivity index is 1.75. The Labute approximate surface area is 153 Å². The van der Waals surface area contributed by atoms with E-state index in [9.17, 15) is 0 Å². The molecular weight excluding hydrogens is 326 g/mol. The molecule has 0 fully saturated rings. The average molecular weight is 349 g/mol. The maximum Gasteiger partial charge on any atom is 0.156 e. The molecule has 0 spiro atoms. The molecule has 0 N–H and O–H groups in total. The highest BCUT2D eigenvalue weighted by molar-refractivity contribution is 5.63. The predicted molar refractivity (Wildman–Crippen MR) is 99.2 cm³/mol. The zero-order valence-electron chi connectivity index (χ0n) is 15.5. The second kappa shape index (κ2) is 5.35. The third-order valence-electron chi connectivity index (χ3n) is 5.38. The minimum absolute atomic E-state index is 0.0108. The molecule has 0 aromatic heterocycles. The van der Waals surface area contributed by atoms with Gasteiger partial charge in [-0.25, -0.2) is 0 Å². The van der Waals surface area contributed by atoms with Crippen molar-refractivity contribution < 1.29 is 14.3 Å². The zero-order valence-corrected chi connectivity index (χ0v) is 15.5. The molecule has 0 radical (unpaired) electrons. The standard InChI is InChI=1S/C22H23NO3/c1-22(2,3)23-20(13-8-6-5-7-9-13)19-17(26-23)12-14-15-10-11-16(25-15)18(14)21(19)24-4/h5-12,15-16,20H,1-4H3. The van der Waals surface area contributed by atoms with Crippen molar-refractivity contribution in [2.75, 3.05) is 7.11 Å². The predicted octanol–water partition coefficient (Wildman–Crippen LogP) is 4.87. The highest BCUT2D eigenvalue weighted by Gasteiger charge is 2.47. The molecule has 0 aliphatic carbocycles. The highest BCUT2D eigenvalue weighted by atomic mass is 16.7. The highest BCUT2D eigenvalue weighted by Crippen LogP contribution is 2.58. The Kier molecular flexibility index (Phi) is 3.27. The summed E-state index contributed by atoms with van der Waals surface area (Å²) in [5.74, 6) is 1.77. The summed E-state index contributed by atoms with van der Waals surface area (Å²) in [6.45, 7) is 6.51. The molecule has 134 valence electrons. The van der Waals surface area contributed by atoms with Crippen LogP contribution in [0.25, 0.3) is 0 Å². The van der Waals surface area contributed by atoms with Crippen molar-refractivity contribution in [2.24, 2.45) is 0 Å². The first-order chi connectivity index (χ1) is 12.5. The lowest BCUT2D eigenvalue weighted by atomic mass is 9.88. The van der Waals surface area contributed by atoms with Crippen LogP contribution in [-0.4, -0.2) is 17.7 Å². The number of hydroxylamine groups is 2. The van der Waals surface area contributed by atoms with Crippen molar-refractivity contribution >= 4 is 0 Å². The van der Waals surface area contributed by atoms with Gasteiger partial charge in [0.2, 0.25) is 0 Å². The lowest BCUT2D eigenvalue weighted by Crippen LogP contribution is -2.43. The largest absolute Gasteiger partial charge is 0.496 e. The molecule has 0 saturated heterocycles. The minimum atomic E-state index is -0.164. The molecule has 2 bridgehead atoms. The summed E-state index contributed by atoms with van der Waals surface area (Å²) in [6.07, 6.45) is 4.23. The van der Waals surface area contributed by atoms with Gasteiger partial charge in [0, 0.05) is 11.1 Å². The van der Waals surface area contributed by atoms with Crippen LogP contribution in [0.3, 0.4) is 0 Å². The summed E-state index contributed by atoms with van der Waals surface area (Å²) in [5, 5.41) is 2.08. The van der Waals surface area contributed by atoms with Crippen molar-refractivity contribution in [3.63, 3.8) is 0 Å². The summed E-state index contributed by atoms with van der Waals surface area (Å²) in [7, 11) is 1.74. The molecule has 0 saturated carbocycles. The van der Waals surface area contributed by atoms with Gasteiger partial charge in [0.25, 0.3) is 0 Å². The van der Waals surface area contributed by atoms with Crippen LogP contribution >= 0.6 is 0 Å². The Hall–Kier alpha value is -2.30. The monoisotopic (exact) mass is 349 g/mol. The summed E-state index contributed by atoms with van der Waals surface area (Å²) in [6, 6.07) is 12.6. The Bertz CT molecular complexity index is 898. The van der Waals surface area contributed by atoms with Crippen LogP contribution in [-0.2, 0) is 4.74 Å². The molecule has 4 nitrogen and oxygen atoms in total. The summed E-state index contributed by atoms with van der Waals surface area (Å²) in [4.78, 5) is 6.39. The van der Waals surface area contributed by atoms with Crippen LogP contribution < -0.4 is 9.57 Å². The normalized spacial score (nSPS) is 25.9. The van der Waals surface area contributed by atoms with Crippen molar-refractivity contribution in [1.29, 1.82) is 0 Å². The molecule has 3 heterocycles. The number of ether oxygens (including phenoxy) is 2. The number of fused-ring (bicyclic) bond motifs is 6. The van der Waals surface area contributed by atoms with E-state index < -0.39 is 0 Å². The van der Waals surface area contributed by atoms with Gasteiger partial charge in [-0.1, -0.05) is 42.5 Å². The second-order valence-electron chi connectivity index (χ2n) is 8.09. The number of nitrogens with zero attached hydrogens (tertiary/aromatic N) is 1. The van der Waals surface area contributed by atoms with Crippen LogP contribution in [0.2, 0.25) is 0 Å². The van der Waals surface area contributed by atoms with Gasteiger partial charge in [0.1, 0.15) is 24.0 Å². The fourth-order valence-corrected chi connectivity index (χ4v) is 4.30. The molecule has 5 rings (SSSR count). The number of benzene rings is 2. The van der Waals surface area contributed by atoms with E-state index in [1.54, 1.807) is 7.11 Å². The SMILES string of the molecule is COc1c2c(cc3c1C(c1ccccc1)N(C(C)(C)C)O3)C1C=CC2O1. The van der Waals surface area contributed by atoms with Crippen molar-refractivity contribution in [2.45, 2.75) is 44.6 Å². The van der Waals surface area contributed by atoms with E-state index in [2.05, 4.69) is 68.3 Å². The molecule has 3 unspecified atom stereocenters. The third kappa shape index (κ3) is 2.09. The zero-order chi connectivity index (χ0) is 18.1. The Morgan fingerprint density at radius 3 is 2.42 bits per heavy atom. The van der Waals surface area contributed by atoms with E-state index in [4.69, 9.17) is 14.3 Å². The lowest BCUT2D eigenvalue weighted by molar-refractivity contribution is -0.129. The van der Waals surface area contributed by atoms with Crippen LogP contribution in [0.5, 0.6) is 11.5 Å². The van der Waals surface area contributed by atoms with Crippen LogP contribution in [0.15, 0.2) is 48.6 Å². The molecule has 2 aromatic carbocycles. The first-order valence-electron chi connectivity index (χ1n) is 9.10. The smallest absolute Gasteiger partial charge is 0.156 e. The van der Waals surface area contributed by atoms with Gasteiger partial charge >= 0.3 is 0 Å². The molecule has 3 aliphatic rings. The lowest BCUT2D eigenvalue weighted by Gasteiger charge is -2.35. The molecule has 0 amide bonds. The van der Waals surface area contributed by atoms with E-state index >= 15 is 0 Å². The van der Waals surface area contributed by atoms with E-state index in [0.717, 1.165) is 28.2 Å². The maximum atomic E-state index is 6.39. The second-order valence-corrected chi connectivity index (χ2v) is 8.09. The summed E-state index contributed by atoms with van der Waals surface area (Å²) >= 11 is 0. The van der Waals surface area contributed by atoms with Gasteiger partial charge in [-0.2, -0.15) is 0 Å². The molecule has 3 aliphatic heterocycles.